The van der Waals surface area contributed by atoms with Crippen LogP contribution in [0.2, 0.25) is 0 Å². The Kier molecular flexibility index (Phi) is 6.56. The summed E-state index contributed by atoms with van der Waals surface area (Å²) >= 11 is 0. The molecule has 0 amide bonds. The van der Waals surface area contributed by atoms with Crippen LogP contribution < -0.4 is 5.73 Å². The van der Waals surface area contributed by atoms with Crippen LogP contribution in [0.5, 0.6) is 0 Å². The van der Waals surface area contributed by atoms with Crippen LogP contribution in [0.3, 0.4) is 0 Å². The highest BCUT2D eigenvalue weighted by atomic mass is 35.5. The molecule has 0 saturated carbocycles. The third-order valence-electron chi connectivity index (χ3n) is 3.39. The molecule has 0 fully saturated rings. The second kappa shape index (κ2) is 7.77. The zero-order valence-corrected chi connectivity index (χ0v) is 12.7. The molecule has 0 heterocycles. The minimum absolute atomic E-state index is 0. The summed E-state index contributed by atoms with van der Waals surface area (Å²) in [5, 5.41) is 10.1. The van der Waals surface area contributed by atoms with Crippen LogP contribution in [0.15, 0.2) is 48.5 Å². The van der Waals surface area contributed by atoms with E-state index in [1.807, 2.05) is 0 Å². The summed E-state index contributed by atoms with van der Waals surface area (Å²) in [7, 11) is 0. The smallest absolute Gasteiger partial charge is 0.391 e. The molecular formula is C16H16ClF4NO. The van der Waals surface area contributed by atoms with Crippen molar-refractivity contribution in [3.8, 4) is 0 Å². The lowest BCUT2D eigenvalue weighted by atomic mass is 9.92. The van der Waals surface area contributed by atoms with Gasteiger partial charge in [0.15, 0.2) is 0 Å². The molecule has 0 aliphatic carbocycles. The molecule has 0 bridgehead atoms. The van der Waals surface area contributed by atoms with Gasteiger partial charge in [0, 0.05) is 12.0 Å². The molecule has 126 valence electrons. The van der Waals surface area contributed by atoms with Gasteiger partial charge in [0.05, 0.1) is 17.7 Å². The number of halogens is 5. The lowest BCUT2D eigenvalue weighted by Gasteiger charge is -2.23. The van der Waals surface area contributed by atoms with Crippen molar-refractivity contribution in [1.29, 1.82) is 0 Å². The van der Waals surface area contributed by atoms with Crippen molar-refractivity contribution in [1.82, 2.24) is 0 Å². The highest BCUT2D eigenvalue weighted by Crippen LogP contribution is 2.36. The van der Waals surface area contributed by atoms with Gasteiger partial charge in [-0.3, -0.25) is 0 Å². The van der Waals surface area contributed by atoms with Crippen molar-refractivity contribution < 1.29 is 22.7 Å². The zero-order chi connectivity index (χ0) is 16.3. The van der Waals surface area contributed by atoms with Crippen LogP contribution >= 0.6 is 12.4 Å². The highest BCUT2D eigenvalue weighted by Gasteiger charge is 2.37. The summed E-state index contributed by atoms with van der Waals surface area (Å²) in [4.78, 5) is 0. The summed E-state index contributed by atoms with van der Waals surface area (Å²) in [5.74, 6) is -1.07. The second-order valence-electron chi connectivity index (χ2n) is 4.98. The molecule has 23 heavy (non-hydrogen) atoms. The predicted octanol–water partition coefficient (Wildman–Crippen LogP) is 3.87. The molecule has 2 atom stereocenters. The third-order valence-corrected chi connectivity index (χ3v) is 3.39. The first-order valence-electron chi connectivity index (χ1n) is 6.64. The van der Waals surface area contributed by atoms with E-state index < -0.39 is 35.3 Å². The average molecular weight is 350 g/mol. The van der Waals surface area contributed by atoms with Crippen LogP contribution in [0.25, 0.3) is 0 Å². The maximum Gasteiger partial charge on any atom is 0.416 e. The molecular weight excluding hydrogens is 334 g/mol. The van der Waals surface area contributed by atoms with E-state index in [0.717, 1.165) is 18.2 Å². The molecule has 2 aromatic rings. The van der Waals surface area contributed by atoms with Gasteiger partial charge in [-0.25, -0.2) is 4.39 Å². The fraction of sp³-hybridized carbons (Fsp3) is 0.250. The monoisotopic (exact) mass is 349 g/mol. The Hall–Kier alpha value is -1.63. The normalized spacial score (nSPS) is 14.0. The van der Waals surface area contributed by atoms with Gasteiger partial charge in [-0.1, -0.05) is 36.4 Å². The first-order chi connectivity index (χ1) is 10.3. The SMILES string of the molecule is Cl.N[C@H](c1c(F)cccc1C(F)(F)F)[C@@H](O)Cc1ccccc1. The Morgan fingerprint density at radius 1 is 1.00 bits per heavy atom. The van der Waals surface area contributed by atoms with Crippen LogP contribution in [0.4, 0.5) is 17.6 Å². The molecule has 2 aromatic carbocycles. The summed E-state index contributed by atoms with van der Waals surface area (Å²) in [6, 6.07) is 9.82. The maximum atomic E-state index is 13.8. The van der Waals surface area contributed by atoms with Gasteiger partial charge in [-0.2, -0.15) is 13.2 Å². The van der Waals surface area contributed by atoms with Gasteiger partial charge in [-0.15, -0.1) is 12.4 Å². The molecule has 7 heteroatoms. The lowest BCUT2D eigenvalue weighted by Crippen LogP contribution is -2.31. The molecule has 0 spiro atoms. The number of aliphatic hydroxyl groups excluding tert-OH is 1. The largest absolute Gasteiger partial charge is 0.416 e. The van der Waals surface area contributed by atoms with E-state index >= 15 is 0 Å². The molecule has 0 aromatic heterocycles. The summed E-state index contributed by atoms with van der Waals surface area (Å²) < 4.78 is 52.8. The molecule has 0 radical (unpaired) electrons. The van der Waals surface area contributed by atoms with Gasteiger partial charge < -0.3 is 10.8 Å². The van der Waals surface area contributed by atoms with E-state index in [1.54, 1.807) is 30.3 Å². The Morgan fingerprint density at radius 2 is 1.61 bits per heavy atom. The van der Waals surface area contributed by atoms with Crippen molar-refractivity contribution in [2.24, 2.45) is 5.73 Å². The molecule has 0 saturated heterocycles. The Balaban J connectivity index is 0.00000264. The number of benzene rings is 2. The molecule has 0 aliphatic rings. The Morgan fingerprint density at radius 3 is 2.17 bits per heavy atom. The van der Waals surface area contributed by atoms with Crippen LogP contribution in [0.1, 0.15) is 22.7 Å². The van der Waals surface area contributed by atoms with Crippen molar-refractivity contribution in [3.63, 3.8) is 0 Å². The minimum Gasteiger partial charge on any atom is -0.391 e. The van der Waals surface area contributed by atoms with E-state index in [1.165, 1.54) is 0 Å². The Labute approximate surface area is 137 Å². The van der Waals surface area contributed by atoms with Crippen molar-refractivity contribution >= 4 is 12.4 Å². The predicted molar refractivity (Wildman–Crippen MR) is 81.7 cm³/mol. The van der Waals surface area contributed by atoms with Crippen molar-refractivity contribution in [2.75, 3.05) is 0 Å². The number of alkyl halides is 3. The highest BCUT2D eigenvalue weighted by molar-refractivity contribution is 5.85. The Bertz CT molecular complexity index is 634. The van der Waals surface area contributed by atoms with E-state index in [2.05, 4.69) is 0 Å². The van der Waals surface area contributed by atoms with E-state index in [9.17, 15) is 22.7 Å². The molecule has 3 N–H and O–H groups in total. The zero-order valence-electron chi connectivity index (χ0n) is 11.9. The first-order valence-corrected chi connectivity index (χ1v) is 6.64. The number of hydrogen-bond donors (Lipinski definition) is 2. The average Bonchev–Trinajstić information content (AvgIpc) is 2.46. The second-order valence-corrected chi connectivity index (χ2v) is 4.98. The number of hydrogen-bond acceptors (Lipinski definition) is 2. The lowest BCUT2D eigenvalue weighted by molar-refractivity contribution is -0.138. The third kappa shape index (κ3) is 4.67. The van der Waals surface area contributed by atoms with E-state index in [0.29, 0.717) is 5.56 Å². The molecule has 2 rings (SSSR count). The number of aliphatic hydroxyl groups is 1. The van der Waals surface area contributed by atoms with Crippen LogP contribution in [-0.4, -0.2) is 11.2 Å². The van der Waals surface area contributed by atoms with Gasteiger partial charge in [0.25, 0.3) is 0 Å². The van der Waals surface area contributed by atoms with Gasteiger partial charge in [-0.05, 0) is 17.7 Å². The van der Waals surface area contributed by atoms with Crippen molar-refractivity contribution in [3.05, 3.63) is 71.0 Å². The summed E-state index contributed by atoms with van der Waals surface area (Å²) in [6.07, 6.45) is -6.03. The fourth-order valence-corrected chi connectivity index (χ4v) is 2.30. The minimum atomic E-state index is -4.73. The van der Waals surface area contributed by atoms with Crippen molar-refractivity contribution in [2.45, 2.75) is 24.7 Å². The summed E-state index contributed by atoms with van der Waals surface area (Å²) in [6.45, 7) is 0. The van der Waals surface area contributed by atoms with Crippen LogP contribution in [0, 0.1) is 5.82 Å². The van der Waals surface area contributed by atoms with Crippen LogP contribution in [-0.2, 0) is 12.6 Å². The molecule has 0 aliphatic heterocycles. The number of rotatable bonds is 4. The maximum absolute atomic E-state index is 13.8. The van der Waals surface area contributed by atoms with Gasteiger partial charge in [0.2, 0.25) is 0 Å². The quantitative estimate of drug-likeness (QED) is 0.823. The molecule has 2 nitrogen and oxygen atoms in total. The van der Waals surface area contributed by atoms with Gasteiger partial charge >= 0.3 is 6.18 Å². The standard InChI is InChI=1S/C16H15F4NO.ClH/c17-12-8-4-7-11(16(18,19)20)14(12)15(21)13(22)9-10-5-2-1-3-6-10;/h1-8,13,15,22H,9,21H2;1H/t13-,15-;/m0./s1. The fourth-order valence-electron chi connectivity index (χ4n) is 2.30. The van der Waals surface area contributed by atoms with E-state index in [-0.39, 0.29) is 18.8 Å². The topological polar surface area (TPSA) is 46.2 Å². The summed E-state index contributed by atoms with van der Waals surface area (Å²) in [5.41, 5.74) is 4.53. The molecule has 0 unspecified atom stereocenters. The van der Waals surface area contributed by atoms with Gasteiger partial charge in [0.1, 0.15) is 5.82 Å². The van der Waals surface area contributed by atoms with E-state index in [4.69, 9.17) is 5.73 Å². The number of nitrogens with two attached hydrogens (primary N) is 1. The first kappa shape index (κ1) is 19.4.